The summed E-state index contributed by atoms with van der Waals surface area (Å²) in [6.45, 7) is 3.53. The molecule has 1 fully saturated rings. The molecule has 1 aliphatic heterocycles. The first-order valence-electron chi connectivity index (χ1n) is 11.2. The highest BCUT2D eigenvalue weighted by Gasteiger charge is 2.22. The molecule has 1 saturated heterocycles. The summed E-state index contributed by atoms with van der Waals surface area (Å²) in [6.07, 6.45) is 3.35. The van der Waals surface area contributed by atoms with Crippen molar-refractivity contribution in [3.63, 3.8) is 0 Å². The molecule has 1 aliphatic rings. The molecule has 4 aromatic rings. The third kappa shape index (κ3) is 4.67. The van der Waals surface area contributed by atoms with Crippen molar-refractivity contribution in [2.45, 2.75) is 4.90 Å². The number of piperazine rings is 1. The number of methoxy groups -OCH3 is 1. The van der Waals surface area contributed by atoms with Gasteiger partial charge >= 0.3 is 0 Å². The maximum absolute atomic E-state index is 14.2. The zero-order chi connectivity index (χ0) is 25.3. The fraction of sp³-hybridized carbons (Fsp3) is 0.200. The summed E-state index contributed by atoms with van der Waals surface area (Å²) >= 11 is 0. The number of hydrogen-bond donors (Lipinski definition) is 2. The van der Waals surface area contributed by atoms with Crippen LogP contribution in [-0.4, -0.2) is 51.7 Å². The van der Waals surface area contributed by atoms with Crippen LogP contribution in [0.15, 0.2) is 65.8 Å². The molecule has 0 radical (unpaired) electrons. The number of pyridine rings is 2. The van der Waals surface area contributed by atoms with E-state index in [9.17, 15) is 17.2 Å². The Bertz CT molecular complexity index is 1540. The second kappa shape index (κ2) is 9.67. The van der Waals surface area contributed by atoms with E-state index in [2.05, 4.69) is 24.9 Å². The number of ether oxygens (including phenoxy) is 1. The van der Waals surface area contributed by atoms with Crippen LogP contribution in [0.25, 0.3) is 22.0 Å². The zero-order valence-corrected chi connectivity index (χ0v) is 20.1. The normalized spacial score (nSPS) is 14.1. The first-order valence-corrected chi connectivity index (χ1v) is 12.7. The van der Waals surface area contributed by atoms with E-state index in [0.29, 0.717) is 11.6 Å². The molecule has 11 heteroatoms. The van der Waals surface area contributed by atoms with Gasteiger partial charge in [-0.25, -0.2) is 22.2 Å². The molecule has 2 aromatic heterocycles. The highest BCUT2D eigenvalue weighted by molar-refractivity contribution is 7.92. The number of nitrogens with zero attached hydrogens (tertiary/aromatic N) is 3. The van der Waals surface area contributed by atoms with Crippen LogP contribution in [0.3, 0.4) is 0 Å². The van der Waals surface area contributed by atoms with Gasteiger partial charge in [-0.05, 0) is 42.0 Å². The van der Waals surface area contributed by atoms with Gasteiger partial charge in [0.05, 0.1) is 12.6 Å². The van der Waals surface area contributed by atoms with Crippen LogP contribution >= 0.6 is 0 Å². The second-order valence-electron chi connectivity index (χ2n) is 8.26. The molecule has 186 valence electrons. The van der Waals surface area contributed by atoms with E-state index in [1.807, 2.05) is 24.3 Å². The van der Waals surface area contributed by atoms with Crippen LogP contribution in [0.1, 0.15) is 0 Å². The highest BCUT2D eigenvalue weighted by atomic mass is 32.2. The van der Waals surface area contributed by atoms with Gasteiger partial charge < -0.3 is 15.0 Å². The summed E-state index contributed by atoms with van der Waals surface area (Å²) in [4.78, 5) is 10.3. The zero-order valence-electron chi connectivity index (χ0n) is 19.3. The number of nitrogens with one attached hydrogen (secondary N) is 2. The summed E-state index contributed by atoms with van der Waals surface area (Å²) in [5, 5.41) is 4.31. The smallest absolute Gasteiger partial charge is 0.264 e. The number of aromatic nitrogens is 2. The van der Waals surface area contributed by atoms with Gasteiger partial charge in [-0.15, -0.1) is 0 Å². The fourth-order valence-corrected chi connectivity index (χ4v) is 5.34. The minimum absolute atomic E-state index is 0.00815. The Morgan fingerprint density at radius 1 is 1.00 bits per heavy atom. The molecule has 3 heterocycles. The van der Waals surface area contributed by atoms with Crippen LogP contribution in [0.2, 0.25) is 0 Å². The summed E-state index contributed by atoms with van der Waals surface area (Å²) in [6, 6.07) is 11.6. The van der Waals surface area contributed by atoms with E-state index >= 15 is 0 Å². The highest BCUT2D eigenvalue weighted by Crippen LogP contribution is 2.34. The maximum Gasteiger partial charge on any atom is 0.264 e. The van der Waals surface area contributed by atoms with Gasteiger partial charge in [0.25, 0.3) is 10.0 Å². The lowest BCUT2D eigenvalue weighted by molar-refractivity contribution is 0.400. The van der Waals surface area contributed by atoms with E-state index in [4.69, 9.17) is 4.74 Å². The van der Waals surface area contributed by atoms with Crippen molar-refractivity contribution >= 4 is 32.3 Å². The van der Waals surface area contributed by atoms with E-state index in [1.54, 1.807) is 18.5 Å². The number of fused-ring (bicyclic) bond motifs is 1. The molecule has 2 N–H and O–H groups in total. The van der Waals surface area contributed by atoms with E-state index in [1.165, 1.54) is 7.11 Å². The van der Waals surface area contributed by atoms with Gasteiger partial charge in [0.1, 0.15) is 22.2 Å². The lowest BCUT2D eigenvalue weighted by Crippen LogP contribution is -2.43. The molecule has 36 heavy (non-hydrogen) atoms. The molecule has 0 amide bonds. The van der Waals surface area contributed by atoms with Crippen LogP contribution in [0.4, 0.5) is 20.2 Å². The minimum Gasteiger partial charge on any atom is -0.480 e. The predicted octanol–water partition coefficient (Wildman–Crippen LogP) is 3.79. The Kier molecular flexibility index (Phi) is 6.42. The maximum atomic E-state index is 14.2. The first kappa shape index (κ1) is 23.9. The minimum atomic E-state index is -4.38. The third-order valence-electron chi connectivity index (χ3n) is 5.98. The van der Waals surface area contributed by atoms with Crippen molar-refractivity contribution in [2.24, 2.45) is 0 Å². The number of hydrogen-bond acceptors (Lipinski definition) is 7. The molecule has 0 bridgehead atoms. The Labute approximate surface area is 207 Å². The van der Waals surface area contributed by atoms with Gasteiger partial charge in [-0.1, -0.05) is 6.07 Å². The Morgan fingerprint density at radius 2 is 1.81 bits per heavy atom. The quantitative estimate of drug-likeness (QED) is 0.407. The molecular formula is C25H23F2N5O3S. The van der Waals surface area contributed by atoms with Gasteiger partial charge in [0.2, 0.25) is 5.88 Å². The molecule has 0 atom stereocenters. The molecule has 0 aliphatic carbocycles. The number of anilines is 2. The largest absolute Gasteiger partial charge is 0.480 e. The lowest BCUT2D eigenvalue weighted by atomic mass is 10.0. The average Bonchev–Trinajstić information content (AvgIpc) is 2.88. The van der Waals surface area contributed by atoms with Crippen molar-refractivity contribution in [1.29, 1.82) is 0 Å². The summed E-state index contributed by atoms with van der Waals surface area (Å²) in [5.74, 6) is -2.07. The molecule has 5 rings (SSSR count). The molecule has 0 saturated carbocycles. The fourth-order valence-electron chi connectivity index (χ4n) is 4.23. The summed E-state index contributed by atoms with van der Waals surface area (Å²) < 4.78 is 60.8. The molecule has 0 spiro atoms. The third-order valence-corrected chi connectivity index (χ3v) is 7.38. The lowest BCUT2D eigenvalue weighted by Gasteiger charge is -2.30. The first-order chi connectivity index (χ1) is 17.4. The van der Waals surface area contributed by atoms with Crippen LogP contribution in [-0.2, 0) is 10.0 Å². The average molecular weight is 512 g/mol. The van der Waals surface area contributed by atoms with Gasteiger partial charge in [-0.2, -0.15) is 0 Å². The molecule has 2 aromatic carbocycles. The van der Waals surface area contributed by atoms with E-state index in [0.717, 1.165) is 60.5 Å². The summed E-state index contributed by atoms with van der Waals surface area (Å²) in [5.41, 5.74) is 3.33. The van der Waals surface area contributed by atoms with Gasteiger partial charge in [0, 0.05) is 61.3 Å². The van der Waals surface area contributed by atoms with Crippen molar-refractivity contribution in [2.75, 3.05) is 42.9 Å². The number of halogens is 2. The molecular weight excluding hydrogens is 488 g/mol. The monoisotopic (exact) mass is 511 g/mol. The number of rotatable bonds is 6. The second-order valence-corrected chi connectivity index (χ2v) is 9.91. The Morgan fingerprint density at radius 3 is 2.56 bits per heavy atom. The number of sulfonamides is 1. The van der Waals surface area contributed by atoms with Crippen molar-refractivity contribution < 1.29 is 21.9 Å². The van der Waals surface area contributed by atoms with Crippen LogP contribution in [0, 0.1) is 11.6 Å². The van der Waals surface area contributed by atoms with Gasteiger partial charge in [-0.3, -0.25) is 9.71 Å². The molecule has 0 unspecified atom stereocenters. The Balaban J connectivity index is 1.54. The van der Waals surface area contributed by atoms with E-state index in [-0.39, 0.29) is 11.6 Å². The standard InChI is InChI=1S/C25H23F2N5O3S/c1-35-25-22(31-36(33,34)24-5-3-18(26)14-20(24)27)13-17(15-30-25)16-2-4-21-19(12-16)23(6-7-29-21)32-10-8-28-9-11-32/h2-7,12-15,28,31H,8-11H2,1H3. The Hall–Kier alpha value is -3.83. The van der Waals surface area contributed by atoms with E-state index < -0.39 is 26.6 Å². The topological polar surface area (TPSA) is 96.5 Å². The van der Waals surface area contributed by atoms with Gasteiger partial charge in [0.15, 0.2) is 0 Å². The predicted molar refractivity (Wildman–Crippen MR) is 134 cm³/mol. The van der Waals surface area contributed by atoms with Crippen molar-refractivity contribution in [3.05, 3.63) is 72.6 Å². The van der Waals surface area contributed by atoms with Crippen LogP contribution in [0.5, 0.6) is 5.88 Å². The SMILES string of the molecule is COc1ncc(-c2ccc3nccc(N4CCNCC4)c3c2)cc1NS(=O)(=O)c1ccc(F)cc1F. The van der Waals surface area contributed by atoms with Crippen molar-refractivity contribution in [1.82, 2.24) is 15.3 Å². The molecule has 8 nitrogen and oxygen atoms in total. The van der Waals surface area contributed by atoms with Crippen molar-refractivity contribution in [3.8, 4) is 17.0 Å². The van der Waals surface area contributed by atoms with Crippen LogP contribution < -0.4 is 19.7 Å². The summed E-state index contributed by atoms with van der Waals surface area (Å²) in [7, 11) is -3.04. The number of benzene rings is 2.